The van der Waals surface area contributed by atoms with Crippen LogP contribution >= 0.6 is 11.3 Å². The molecule has 1 aliphatic heterocycles. The van der Waals surface area contributed by atoms with Crippen LogP contribution in [0, 0.1) is 6.92 Å². The van der Waals surface area contributed by atoms with Crippen LogP contribution in [0.1, 0.15) is 41.7 Å². The van der Waals surface area contributed by atoms with Crippen molar-refractivity contribution in [2.24, 2.45) is 0 Å². The van der Waals surface area contributed by atoms with E-state index in [4.69, 9.17) is 9.47 Å². The van der Waals surface area contributed by atoms with E-state index in [1.165, 1.54) is 11.3 Å². The van der Waals surface area contributed by atoms with E-state index in [0.29, 0.717) is 23.8 Å². The summed E-state index contributed by atoms with van der Waals surface area (Å²) in [7, 11) is -2.19. The summed E-state index contributed by atoms with van der Waals surface area (Å²) < 4.78 is 37.9. The third-order valence-electron chi connectivity index (χ3n) is 5.40. The maximum atomic E-state index is 13.3. The number of thiophene rings is 1. The minimum atomic E-state index is -3.77. The van der Waals surface area contributed by atoms with Crippen LogP contribution in [-0.2, 0) is 14.6 Å². The van der Waals surface area contributed by atoms with E-state index < -0.39 is 9.84 Å². The first kappa shape index (κ1) is 22.4. The van der Waals surface area contributed by atoms with E-state index in [1.54, 1.807) is 30.7 Å². The van der Waals surface area contributed by atoms with Gasteiger partial charge in [-0.3, -0.25) is 4.79 Å². The summed E-state index contributed by atoms with van der Waals surface area (Å²) >= 11 is 1.35. The Balaban J connectivity index is 1.76. The summed E-state index contributed by atoms with van der Waals surface area (Å²) in [5, 5.41) is 4.42. The van der Waals surface area contributed by atoms with E-state index >= 15 is 0 Å². The number of rotatable bonds is 7. The van der Waals surface area contributed by atoms with Gasteiger partial charge in [-0.05, 0) is 48.7 Å². The van der Waals surface area contributed by atoms with E-state index in [1.807, 2.05) is 38.1 Å². The number of amides is 1. The van der Waals surface area contributed by atoms with Crippen molar-refractivity contribution < 1.29 is 22.7 Å². The SMILES string of the molecule is CCCOc1ccc([C@H]2CC(=O)Nc3c(S(=O)(=O)c4cccc(C)c4)csc32)cc1OC. The van der Waals surface area contributed by atoms with Gasteiger partial charge in [-0.15, -0.1) is 11.3 Å². The number of anilines is 1. The topological polar surface area (TPSA) is 81.7 Å². The smallest absolute Gasteiger partial charge is 0.225 e. The van der Waals surface area contributed by atoms with E-state index in [2.05, 4.69) is 5.32 Å². The fourth-order valence-electron chi connectivity index (χ4n) is 3.81. The lowest BCUT2D eigenvalue weighted by Gasteiger charge is -2.24. The molecule has 8 heteroatoms. The number of methoxy groups -OCH3 is 1. The first-order chi connectivity index (χ1) is 15.3. The van der Waals surface area contributed by atoms with Crippen molar-refractivity contribution in [1.29, 1.82) is 0 Å². The molecular formula is C24H25NO5S2. The molecule has 3 aromatic rings. The Hall–Kier alpha value is -2.84. The zero-order valence-corrected chi connectivity index (χ0v) is 19.8. The second-order valence-corrected chi connectivity index (χ2v) is 10.6. The summed E-state index contributed by atoms with van der Waals surface area (Å²) in [5.41, 5.74) is 2.11. The first-order valence-electron chi connectivity index (χ1n) is 10.4. The van der Waals surface area contributed by atoms with E-state index in [-0.39, 0.29) is 28.0 Å². The van der Waals surface area contributed by atoms with Crippen LogP contribution in [0.5, 0.6) is 11.5 Å². The molecule has 6 nitrogen and oxygen atoms in total. The molecule has 1 N–H and O–H groups in total. The quantitative estimate of drug-likeness (QED) is 0.515. The summed E-state index contributed by atoms with van der Waals surface area (Å²) in [6, 6.07) is 12.4. The predicted octanol–water partition coefficient (Wildman–Crippen LogP) is 5.16. The number of sulfone groups is 1. The molecular weight excluding hydrogens is 446 g/mol. The van der Waals surface area contributed by atoms with Gasteiger partial charge in [-0.2, -0.15) is 0 Å². The summed E-state index contributed by atoms with van der Waals surface area (Å²) in [5.74, 6) is 0.756. The molecule has 0 spiro atoms. The largest absolute Gasteiger partial charge is 0.493 e. The molecule has 4 rings (SSSR count). The number of carbonyl (C=O) groups is 1. The summed E-state index contributed by atoms with van der Waals surface area (Å²) in [6.07, 6.45) is 1.11. The number of nitrogens with one attached hydrogen (secondary N) is 1. The Bertz CT molecular complexity index is 1260. The molecule has 1 aliphatic rings. The van der Waals surface area contributed by atoms with Gasteiger partial charge in [0, 0.05) is 22.6 Å². The molecule has 2 heterocycles. The molecule has 32 heavy (non-hydrogen) atoms. The van der Waals surface area contributed by atoms with Crippen LogP contribution in [0.4, 0.5) is 5.69 Å². The van der Waals surface area contributed by atoms with E-state index in [0.717, 1.165) is 22.4 Å². The average molecular weight is 472 g/mol. The van der Waals surface area contributed by atoms with Crippen molar-refractivity contribution in [2.45, 2.75) is 42.4 Å². The molecule has 0 saturated carbocycles. The van der Waals surface area contributed by atoms with Gasteiger partial charge in [0.25, 0.3) is 0 Å². The zero-order valence-electron chi connectivity index (χ0n) is 18.2. The zero-order chi connectivity index (χ0) is 22.9. The highest BCUT2D eigenvalue weighted by Crippen LogP contribution is 2.47. The highest BCUT2D eigenvalue weighted by Gasteiger charge is 2.34. The lowest BCUT2D eigenvalue weighted by atomic mass is 9.90. The monoisotopic (exact) mass is 471 g/mol. The van der Waals surface area contributed by atoms with Crippen molar-refractivity contribution in [1.82, 2.24) is 0 Å². The third-order valence-corrected chi connectivity index (χ3v) is 8.42. The van der Waals surface area contributed by atoms with Crippen LogP contribution in [0.2, 0.25) is 0 Å². The highest BCUT2D eigenvalue weighted by molar-refractivity contribution is 7.91. The number of ether oxygens (including phenoxy) is 2. The highest BCUT2D eigenvalue weighted by atomic mass is 32.2. The molecule has 1 amide bonds. The molecule has 1 aromatic heterocycles. The van der Waals surface area contributed by atoms with Gasteiger partial charge in [0.05, 0.1) is 24.3 Å². The van der Waals surface area contributed by atoms with Crippen LogP contribution in [0.25, 0.3) is 0 Å². The molecule has 0 radical (unpaired) electrons. The minimum Gasteiger partial charge on any atom is -0.493 e. The third kappa shape index (κ3) is 4.12. The number of fused-ring (bicyclic) bond motifs is 1. The standard InChI is InChI=1S/C24H25NO5S2/c1-4-10-30-19-9-8-16(12-20(19)29-3)18-13-22(26)25-23-21(14-31-24(18)23)32(27,28)17-7-5-6-15(2)11-17/h5-9,11-12,14,18H,4,10,13H2,1-3H3,(H,25,26)/t18-/m1/s1. The lowest BCUT2D eigenvalue weighted by Crippen LogP contribution is -2.23. The molecule has 0 bridgehead atoms. The van der Waals surface area contributed by atoms with E-state index in [9.17, 15) is 13.2 Å². The maximum absolute atomic E-state index is 13.3. The number of benzene rings is 2. The Morgan fingerprint density at radius 1 is 1.16 bits per heavy atom. The van der Waals surface area contributed by atoms with Gasteiger partial charge in [0.15, 0.2) is 11.5 Å². The second-order valence-electron chi connectivity index (χ2n) is 7.72. The number of aryl methyl sites for hydroxylation is 1. The van der Waals surface area contributed by atoms with Crippen molar-refractivity contribution in [3.8, 4) is 11.5 Å². The lowest BCUT2D eigenvalue weighted by molar-refractivity contribution is -0.116. The van der Waals surface area contributed by atoms with Gasteiger partial charge >= 0.3 is 0 Å². The minimum absolute atomic E-state index is 0.135. The van der Waals surface area contributed by atoms with Crippen LogP contribution < -0.4 is 14.8 Å². The van der Waals surface area contributed by atoms with Gasteiger partial charge in [0.1, 0.15) is 4.90 Å². The second kappa shape index (κ2) is 8.96. The fourth-order valence-corrected chi connectivity index (χ4v) is 6.83. The molecule has 0 aliphatic carbocycles. The average Bonchev–Trinajstić information content (AvgIpc) is 3.21. The summed E-state index contributed by atoms with van der Waals surface area (Å²) in [4.78, 5) is 13.8. The van der Waals surface area contributed by atoms with Crippen molar-refractivity contribution in [2.75, 3.05) is 19.0 Å². The molecule has 0 unspecified atom stereocenters. The molecule has 0 saturated heterocycles. The number of hydrogen-bond acceptors (Lipinski definition) is 6. The Labute approximate surface area is 192 Å². The van der Waals surface area contributed by atoms with Crippen molar-refractivity contribution in [3.63, 3.8) is 0 Å². The Morgan fingerprint density at radius 2 is 1.97 bits per heavy atom. The fraction of sp³-hybridized carbons (Fsp3) is 0.292. The Morgan fingerprint density at radius 3 is 2.69 bits per heavy atom. The van der Waals surface area contributed by atoms with Crippen LogP contribution in [-0.4, -0.2) is 28.0 Å². The maximum Gasteiger partial charge on any atom is 0.225 e. The van der Waals surface area contributed by atoms with Crippen molar-refractivity contribution in [3.05, 3.63) is 63.8 Å². The first-order valence-corrected chi connectivity index (χ1v) is 12.7. The molecule has 1 atom stereocenters. The Kier molecular flexibility index (Phi) is 6.26. The molecule has 2 aromatic carbocycles. The molecule has 0 fully saturated rings. The van der Waals surface area contributed by atoms with Gasteiger partial charge in [-0.1, -0.05) is 25.1 Å². The normalized spacial score (nSPS) is 15.7. The van der Waals surface area contributed by atoms with Gasteiger partial charge in [0.2, 0.25) is 15.7 Å². The van der Waals surface area contributed by atoms with Gasteiger partial charge in [-0.25, -0.2) is 8.42 Å². The van der Waals surface area contributed by atoms with Crippen LogP contribution in [0.15, 0.2) is 57.6 Å². The van der Waals surface area contributed by atoms with Crippen molar-refractivity contribution >= 4 is 32.8 Å². The number of carbonyl (C=O) groups excluding carboxylic acids is 1. The molecule has 168 valence electrons. The predicted molar refractivity (Wildman–Crippen MR) is 125 cm³/mol. The van der Waals surface area contributed by atoms with Crippen LogP contribution in [0.3, 0.4) is 0 Å². The number of hydrogen-bond donors (Lipinski definition) is 1. The summed E-state index contributed by atoms with van der Waals surface area (Å²) in [6.45, 7) is 4.46. The van der Waals surface area contributed by atoms with Gasteiger partial charge < -0.3 is 14.8 Å².